The lowest BCUT2D eigenvalue weighted by atomic mass is 10.1. The van der Waals surface area contributed by atoms with Gasteiger partial charge in [-0.05, 0) is 42.5 Å². The highest BCUT2D eigenvalue weighted by Crippen LogP contribution is 2.35. The number of nitrogens with zero attached hydrogens (tertiary/aromatic N) is 1. The van der Waals surface area contributed by atoms with Gasteiger partial charge in [0.25, 0.3) is 5.91 Å². The van der Waals surface area contributed by atoms with Gasteiger partial charge in [0.2, 0.25) is 0 Å². The molecule has 1 amide bonds. The molecular formula is C17H10F6N2O2. The molecule has 0 radical (unpaired) electrons. The van der Waals surface area contributed by atoms with E-state index < -0.39 is 41.9 Å². The van der Waals surface area contributed by atoms with Crippen molar-refractivity contribution < 1.29 is 35.9 Å². The van der Waals surface area contributed by atoms with Crippen LogP contribution in [-0.4, -0.2) is 18.7 Å². The second-order valence-electron chi connectivity index (χ2n) is 5.26. The van der Waals surface area contributed by atoms with E-state index in [1.165, 1.54) is 24.3 Å². The average molecular weight is 388 g/mol. The third-order valence-electron chi connectivity index (χ3n) is 3.22. The van der Waals surface area contributed by atoms with Crippen molar-refractivity contribution in [2.75, 3.05) is 11.9 Å². The minimum Gasteiger partial charge on any atom is -0.482 e. The van der Waals surface area contributed by atoms with E-state index in [1.54, 1.807) is 0 Å². The number of amides is 1. The van der Waals surface area contributed by atoms with Crippen LogP contribution in [0.25, 0.3) is 0 Å². The molecule has 0 spiro atoms. The summed E-state index contributed by atoms with van der Waals surface area (Å²) in [5, 5.41) is 10.8. The first kappa shape index (κ1) is 20.1. The van der Waals surface area contributed by atoms with Gasteiger partial charge in [0.15, 0.2) is 6.61 Å². The Balaban J connectivity index is 2.32. The standard InChI is InChI=1S/C17H10F6N2O2/c18-16(19,20)9-27-14-6-5-12(17(21,22)23)7-13(14)25-15(26)11-3-1-10(8-24)2-4-11/h1-7H,9H2,(H,25,26). The Morgan fingerprint density at radius 1 is 1.04 bits per heavy atom. The van der Waals surface area contributed by atoms with Crippen molar-refractivity contribution in [3.8, 4) is 11.8 Å². The second kappa shape index (κ2) is 7.57. The number of carbonyl (C=O) groups excluding carboxylic acids is 1. The van der Waals surface area contributed by atoms with Crippen molar-refractivity contribution in [3.63, 3.8) is 0 Å². The van der Waals surface area contributed by atoms with E-state index in [1.807, 2.05) is 6.07 Å². The van der Waals surface area contributed by atoms with Crippen LogP contribution in [-0.2, 0) is 6.18 Å². The van der Waals surface area contributed by atoms with Crippen LogP contribution in [0.5, 0.6) is 5.75 Å². The largest absolute Gasteiger partial charge is 0.482 e. The summed E-state index contributed by atoms with van der Waals surface area (Å²) in [6, 6.07) is 8.66. The molecule has 1 N–H and O–H groups in total. The Kier molecular flexibility index (Phi) is 5.64. The van der Waals surface area contributed by atoms with Crippen molar-refractivity contribution in [2.24, 2.45) is 0 Å². The van der Waals surface area contributed by atoms with Gasteiger partial charge in [0.1, 0.15) is 5.75 Å². The summed E-state index contributed by atoms with van der Waals surface area (Å²) >= 11 is 0. The number of rotatable bonds is 4. The molecule has 0 aliphatic rings. The number of hydrogen-bond donors (Lipinski definition) is 1. The van der Waals surface area contributed by atoms with E-state index >= 15 is 0 Å². The van der Waals surface area contributed by atoms with Crippen molar-refractivity contribution in [1.29, 1.82) is 5.26 Å². The van der Waals surface area contributed by atoms with Gasteiger partial charge < -0.3 is 10.1 Å². The van der Waals surface area contributed by atoms with Gasteiger partial charge in [0, 0.05) is 5.56 Å². The summed E-state index contributed by atoms with van der Waals surface area (Å²) in [6.45, 7) is -1.74. The summed E-state index contributed by atoms with van der Waals surface area (Å²) in [6.07, 6.45) is -9.48. The van der Waals surface area contributed by atoms with Crippen LogP contribution in [0.15, 0.2) is 42.5 Å². The van der Waals surface area contributed by atoms with Gasteiger partial charge >= 0.3 is 12.4 Å². The molecule has 2 aromatic rings. The van der Waals surface area contributed by atoms with Crippen LogP contribution in [0.3, 0.4) is 0 Å². The minimum absolute atomic E-state index is 0.00631. The predicted molar refractivity (Wildman–Crippen MR) is 82.1 cm³/mol. The summed E-state index contributed by atoms with van der Waals surface area (Å²) in [7, 11) is 0. The summed E-state index contributed by atoms with van der Waals surface area (Å²) in [4.78, 5) is 12.2. The summed E-state index contributed by atoms with van der Waals surface area (Å²) in [5.74, 6) is -1.45. The molecule has 0 aliphatic heterocycles. The molecule has 0 atom stereocenters. The third-order valence-corrected chi connectivity index (χ3v) is 3.22. The first-order chi connectivity index (χ1) is 12.5. The van der Waals surface area contributed by atoms with Crippen molar-refractivity contribution >= 4 is 11.6 Å². The first-order valence-electron chi connectivity index (χ1n) is 7.22. The molecule has 0 saturated heterocycles. The topological polar surface area (TPSA) is 62.1 Å². The monoisotopic (exact) mass is 388 g/mol. The van der Waals surface area contributed by atoms with Gasteiger partial charge in [-0.25, -0.2) is 0 Å². The molecule has 2 aromatic carbocycles. The van der Waals surface area contributed by atoms with Gasteiger partial charge in [-0.1, -0.05) is 0 Å². The van der Waals surface area contributed by atoms with Crippen molar-refractivity contribution in [3.05, 3.63) is 59.2 Å². The molecule has 0 aliphatic carbocycles. The molecule has 4 nitrogen and oxygen atoms in total. The van der Waals surface area contributed by atoms with Crippen LogP contribution in [0.2, 0.25) is 0 Å². The van der Waals surface area contributed by atoms with E-state index in [9.17, 15) is 31.1 Å². The Bertz CT molecular complexity index is 867. The lowest BCUT2D eigenvalue weighted by Gasteiger charge is -2.16. The molecule has 2 rings (SSSR count). The fourth-order valence-electron chi connectivity index (χ4n) is 1.98. The number of nitriles is 1. The van der Waals surface area contributed by atoms with Crippen LogP contribution in [0, 0.1) is 11.3 Å². The first-order valence-corrected chi connectivity index (χ1v) is 7.22. The maximum absolute atomic E-state index is 12.9. The summed E-state index contributed by atoms with van der Waals surface area (Å²) in [5.41, 5.74) is -1.49. The normalized spacial score (nSPS) is 11.6. The Hall–Kier alpha value is -3.22. The lowest BCUT2D eigenvalue weighted by Crippen LogP contribution is -2.21. The molecule has 0 bridgehead atoms. The van der Waals surface area contributed by atoms with Crippen LogP contribution in [0.1, 0.15) is 21.5 Å². The van der Waals surface area contributed by atoms with E-state index in [2.05, 4.69) is 10.1 Å². The fraction of sp³-hybridized carbons (Fsp3) is 0.176. The molecule has 0 aromatic heterocycles. The van der Waals surface area contributed by atoms with Crippen molar-refractivity contribution in [1.82, 2.24) is 0 Å². The third kappa shape index (κ3) is 5.64. The van der Waals surface area contributed by atoms with Gasteiger partial charge in [-0.2, -0.15) is 31.6 Å². The maximum Gasteiger partial charge on any atom is 0.422 e. The van der Waals surface area contributed by atoms with E-state index in [0.717, 1.165) is 0 Å². The molecule has 27 heavy (non-hydrogen) atoms. The fourth-order valence-corrected chi connectivity index (χ4v) is 1.98. The van der Waals surface area contributed by atoms with Gasteiger partial charge in [0.05, 0.1) is 22.9 Å². The zero-order chi connectivity index (χ0) is 20.2. The number of ether oxygens (including phenoxy) is 1. The zero-order valence-corrected chi connectivity index (χ0v) is 13.3. The highest BCUT2D eigenvalue weighted by Gasteiger charge is 2.33. The average Bonchev–Trinajstić information content (AvgIpc) is 2.59. The number of nitrogens with one attached hydrogen (secondary N) is 1. The number of benzene rings is 2. The zero-order valence-electron chi connectivity index (χ0n) is 13.3. The second-order valence-corrected chi connectivity index (χ2v) is 5.26. The predicted octanol–water partition coefficient (Wildman–Crippen LogP) is 4.77. The molecule has 10 heteroatoms. The quantitative estimate of drug-likeness (QED) is 0.768. The molecule has 142 valence electrons. The van der Waals surface area contributed by atoms with E-state index in [0.29, 0.717) is 18.2 Å². The Morgan fingerprint density at radius 2 is 1.67 bits per heavy atom. The number of carbonyl (C=O) groups is 1. The number of halogens is 6. The number of alkyl halides is 6. The van der Waals surface area contributed by atoms with E-state index in [-0.39, 0.29) is 11.1 Å². The van der Waals surface area contributed by atoms with Gasteiger partial charge in [-0.15, -0.1) is 0 Å². The van der Waals surface area contributed by atoms with Crippen LogP contribution in [0.4, 0.5) is 32.0 Å². The Labute approximate surface area is 149 Å². The smallest absolute Gasteiger partial charge is 0.422 e. The minimum atomic E-state index is -4.77. The Morgan fingerprint density at radius 3 is 2.19 bits per heavy atom. The van der Waals surface area contributed by atoms with Gasteiger partial charge in [-0.3, -0.25) is 4.79 Å². The highest BCUT2D eigenvalue weighted by atomic mass is 19.4. The highest BCUT2D eigenvalue weighted by molar-refractivity contribution is 6.05. The number of anilines is 1. The molecule has 0 unspecified atom stereocenters. The van der Waals surface area contributed by atoms with E-state index in [4.69, 9.17) is 5.26 Å². The van der Waals surface area contributed by atoms with Crippen molar-refractivity contribution in [2.45, 2.75) is 12.4 Å². The molecular weight excluding hydrogens is 378 g/mol. The van der Waals surface area contributed by atoms with Crippen LogP contribution >= 0.6 is 0 Å². The molecule has 0 heterocycles. The van der Waals surface area contributed by atoms with Crippen LogP contribution < -0.4 is 10.1 Å². The SMILES string of the molecule is N#Cc1ccc(C(=O)Nc2cc(C(F)(F)F)ccc2OCC(F)(F)F)cc1. The maximum atomic E-state index is 12.9. The summed E-state index contributed by atoms with van der Waals surface area (Å²) < 4.78 is 80.0. The molecule has 0 saturated carbocycles. The lowest BCUT2D eigenvalue weighted by molar-refractivity contribution is -0.153. The molecule has 0 fully saturated rings. The number of hydrogen-bond acceptors (Lipinski definition) is 3.